The molecule has 2 rings (SSSR count). The Morgan fingerprint density at radius 3 is 3.07 bits per heavy atom. The Labute approximate surface area is 81.3 Å². The lowest BCUT2D eigenvalue weighted by Crippen LogP contribution is -2.27. The van der Waals surface area contributed by atoms with E-state index < -0.39 is 11.9 Å². The van der Waals surface area contributed by atoms with Gasteiger partial charge in [-0.2, -0.15) is 0 Å². The molecule has 0 fully saturated rings. The summed E-state index contributed by atoms with van der Waals surface area (Å²) in [5.74, 6) is -0.541. The quantitative estimate of drug-likeness (QED) is 0.650. The Bertz CT molecular complexity index is 376. The van der Waals surface area contributed by atoms with Crippen molar-refractivity contribution < 1.29 is 14.6 Å². The summed E-state index contributed by atoms with van der Waals surface area (Å²) >= 11 is 0. The largest absolute Gasteiger partial charge is 0.492 e. The summed E-state index contributed by atoms with van der Waals surface area (Å²) in [6.07, 6.45) is 0.519. The molecule has 4 heteroatoms. The minimum atomic E-state index is -0.813. The van der Waals surface area contributed by atoms with Gasteiger partial charge in [0.05, 0.1) is 5.92 Å². The van der Waals surface area contributed by atoms with Gasteiger partial charge in [0, 0.05) is 11.8 Å². The SMILES string of the molecule is Nc1ccc2c(c1)OCC(C(=O)O)C2. The molecular formula is C10H11NO3. The first-order chi connectivity index (χ1) is 6.66. The number of carboxylic acid groups (broad SMARTS) is 1. The predicted molar refractivity (Wildman–Crippen MR) is 51.2 cm³/mol. The van der Waals surface area contributed by atoms with Gasteiger partial charge >= 0.3 is 5.97 Å². The average Bonchev–Trinajstić information content (AvgIpc) is 2.16. The van der Waals surface area contributed by atoms with Gasteiger partial charge in [0.25, 0.3) is 0 Å². The Balaban J connectivity index is 2.27. The highest BCUT2D eigenvalue weighted by molar-refractivity contribution is 5.71. The summed E-state index contributed by atoms with van der Waals surface area (Å²) in [4.78, 5) is 10.7. The molecule has 0 spiro atoms. The van der Waals surface area contributed by atoms with E-state index in [0.717, 1.165) is 5.56 Å². The summed E-state index contributed by atoms with van der Waals surface area (Å²) in [5.41, 5.74) is 7.13. The molecule has 3 N–H and O–H groups in total. The zero-order chi connectivity index (χ0) is 10.1. The molecule has 14 heavy (non-hydrogen) atoms. The second kappa shape index (κ2) is 3.21. The number of aliphatic carboxylic acids is 1. The van der Waals surface area contributed by atoms with Crippen LogP contribution in [-0.2, 0) is 11.2 Å². The van der Waals surface area contributed by atoms with Crippen LogP contribution >= 0.6 is 0 Å². The minimum Gasteiger partial charge on any atom is -0.492 e. The lowest BCUT2D eigenvalue weighted by Gasteiger charge is -2.22. The van der Waals surface area contributed by atoms with Crippen LogP contribution in [0.15, 0.2) is 18.2 Å². The Morgan fingerprint density at radius 2 is 2.36 bits per heavy atom. The van der Waals surface area contributed by atoms with E-state index >= 15 is 0 Å². The second-order valence-corrected chi connectivity index (χ2v) is 3.42. The van der Waals surface area contributed by atoms with E-state index in [1.54, 1.807) is 12.1 Å². The van der Waals surface area contributed by atoms with Crippen LogP contribution in [0.4, 0.5) is 5.69 Å². The third-order valence-corrected chi connectivity index (χ3v) is 2.35. The molecule has 1 aliphatic rings. The second-order valence-electron chi connectivity index (χ2n) is 3.42. The number of carbonyl (C=O) groups is 1. The van der Waals surface area contributed by atoms with Gasteiger partial charge < -0.3 is 15.6 Å². The van der Waals surface area contributed by atoms with Gasteiger partial charge in [0.1, 0.15) is 12.4 Å². The number of ether oxygens (including phenoxy) is 1. The highest BCUT2D eigenvalue weighted by Crippen LogP contribution is 2.29. The molecule has 0 saturated heterocycles. The van der Waals surface area contributed by atoms with Gasteiger partial charge in [0.2, 0.25) is 0 Å². The third-order valence-electron chi connectivity index (χ3n) is 2.35. The van der Waals surface area contributed by atoms with Crippen molar-refractivity contribution in [2.75, 3.05) is 12.3 Å². The van der Waals surface area contributed by atoms with Gasteiger partial charge in [-0.1, -0.05) is 6.07 Å². The van der Waals surface area contributed by atoms with E-state index in [-0.39, 0.29) is 6.61 Å². The number of fused-ring (bicyclic) bond motifs is 1. The van der Waals surface area contributed by atoms with Crippen molar-refractivity contribution in [2.45, 2.75) is 6.42 Å². The lowest BCUT2D eigenvalue weighted by molar-refractivity contribution is -0.143. The summed E-state index contributed by atoms with van der Waals surface area (Å²) in [6, 6.07) is 5.31. The first-order valence-electron chi connectivity index (χ1n) is 4.41. The van der Waals surface area contributed by atoms with E-state index in [4.69, 9.17) is 15.6 Å². The van der Waals surface area contributed by atoms with Crippen molar-refractivity contribution in [3.8, 4) is 5.75 Å². The third kappa shape index (κ3) is 1.51. The average molecular weight is 193 g/mol. The Morgan fingerprint density at radius 1 is 1.57 bits per heavy atom. The van der Waals surface area contributed by atoms with Crippen LogP contribution < -0.4 is 10.5 Å². The van der Waals surface area contributed by atoms with Crippen LogP contribution in [0.1, 0.15) is 5.56 Å². The normalized spacial score (nSPS) is 19.6. The summed E-state index contributed by atoms with van der Waals surface area (Å²) in [6.45, 7) is 0.228. The fraction of sp³-hybridized carbons (Fsp3) is 0.300. The Kier molecular flexibility index (Phi) is 2.04. The summed E-state index contributed by atoms with van der Waals surface area (Å²) in [7, 11) is 0. The molecule has 1 aromatic rings. The van der Waals surface area contributed by atoms with E-state index in [0.29, 0.717) is 17.9 Å². The van der Waals surface area contributed by atoms with Crippen molar-refractivity contribution in [1.82, 2.24) is 0 Å². The highest BCUT2D eigenvalue weighted by Gasteiger charge is 2.25. The molecule has 1 aromatic carbocycles. The zero-order valence-electron chi connectivity index (χ0n) is 7.56. The standard InChI is InChI=1S/C10H11NO3/c11-8-2-1-6-3-7(10(12)13)5-14-9(6)4-8/h1-2,4,7H,3,5,11H2,(H,12,13). The summed E-state index contributed by atoms with van der Waals surface area (Å²) < 4.78 is 5.32. The van der Waals surface area contributed by atoms with Crippen LogP contribution in [0.5, 0.6) is 5.75 Å². The molecule has 1 aliphatic heterocycles. The van der Waals surface area contributed by atoms with E-state index in [2.05, 4.69) is 0 Å². The van der Waals surface area contributed by atoms with Gasteiger partial charge in [-0.15, -0.1) is 0 Å². The lowest BCUT2D eigenvalue weighted by atomic mass is 9.97. The number of benzene rings is 1. The maximum atomic E-state index is 10.7. The molecule has 0 amide bonds. The van der Waals surface area contributed by atoms with Crippen molar-refractivity contribution in [2.24, 2.45) is 5.92 Å². The number of hydrogen-bond acceptors (Lipinski definition) is 3. The van der Waals surface area contributed by atoms with Crippen molar-refractivity contribution in [3.05, 3.63) is 23.8 Å². The molecule has 1 atom stereocenters. The molecule has 1 unspecified atom stereocenters. The van der Waals surface area contributed by atoms with Gasteiger partial charge in [-0.3, -0.25) is 4.79 Å². The maximum absolute atomic E-state index is 10.7. The van der Waals surface area contributed by atoms with E-state index in [1.807, 2.05) is 6.07 Å². The first-order valence-corrected chi connectivity index (χ1v) is 4.41. The summed E-state index contributed by atoms with van der Waals surface area (Å²) in [5, 5.41) is 8.81. The molecule has 74 valence electrons. The van der Waals surface area contributed by atoms with E-state index in [9.17, 15) is 4.79 Å². The molecule has 0 radical (unpaired) electrons. The van der Waals surface area contributed by atoms with Crippen LogP contribution in [0.25, 0.3) is 0 Å². The highest BCUT2D eigenvalue weighted by atomic mass is 16.5. The number of rotatable bonds is 1. The maximum Gasteiger partial charge on any atom is 0.310 e. The minimum absolute atomic E-state index is 0.228. The van der Waals surface area contributed by atoms with Crippen molar-refractivity contribution in [1.29, 1.82) is 0 Å². The predicted octanol–water partition coefficient (Wildman–Crippen LogP) is 0.905. The van der Waals surface area contributed by atoms with Gasteiger partial charge in [-0.05, 0) is 18.1 Å². The van der Waals surface area contributed by atoms with Crippen LogP contribution in [0.2, 0.25) is 0 Å². The fourth-order valence-electron chi connectivity index (χ4n) is 1.55. The van der Waals surface area contributed by atoms with E-state index in [1.165, 1.54) is 0 Å². The molecule has 0 bridgehead atoms. The Hall–Kier alpha value is -1.71. The van der Waals surface area contributed by atoms with Crippen molar-refractivity contribution >= 4 is 11.7 Å². The number of nitrogen functional groups attached to an aromatic ring is 1. The molecule has 0 aliphatic carbocycles. The van der Waals surface area contributed by atoms with Gasteiger partial charge in [-0.25, -0.2) is 0 Å². The number of anilines is 1. The van der Waals surface area contributed by atoms with Crippen molar-refractivity contribution in [3.63, 3.8) is 0 Å². The number of carboxylic acids is 1. The monoisotopic (exact) mass is 193 g/mol. The molecule has 1 heterocycles. The molecule has 0 aromatic heterocycles. The first kappa shape index (κ1) is 8.87. The molecular weight excluding hydrogens is 182 g/mol. The fourth-order valence-corrected chi connectivity index (χ4v) is 1.55. The zero-order valence-corrected chi connectivity index (χ0v) is 7.56. The molecule has 0 saturated carbocycles. The topological polar surface area (TPSA) is 72.5 Å². The number of hydrogen-bond donors (Lipinski definition) is 2. The van der Waals surface area contributed by atoms with Crippen LogP contribution in [0.3, 0.4) is 0 Å². The van der Waals surface area contributed by atoms with Gasteiger partial charge in [0.15, 0.2) is 0 Å². The number of nitrogens with two attached hydrogens (primary N) is 1. The smallest absolute Gasteiger partial charge is 0.310 e. The van der Waals surface area contributed by atoms with Crippen LogP contribution in [-0.4, -0.2) is 17.7 Å². The van der Waals surface area contributed by atoms with Crippen LogP contribution in [0, 0.1) is 5.92 Å². The molecule has 4 nitrogen and oxygen atoms in total.